The molecule has 6 nitrogen and oxygen atoms in total. The molecule has 6 heteroatoms. The Balaban J connectivity index is 1.34. The summed E-state index contributed by atoms with van der Waals surface area (Å²) in [7, 11) is 0. The molecule has 2 aliphatic carbocycles. The largest absolute Gasteiger partial charge is 0.307 e. The van der Waals surface area contributed by atoms with E-state index in [4.69, 9.17) is 9.97 Å². The number of nitrogens with zero attached hydrogens (tertiary/aromatic N) is 2. The molecule has 2 aromatic heterocycles. The van der Waals surface area contributed by atoms with E-state index in [-0.39, 0.29) is 0 Å². The van der Waals surface area contributed by atoms with Crippen LogP contribution < -0.4 is 21.3 Å². The number of rotatable bonds is 0. The van der Waals surface area contributed by atoms with Gasteiger partial charge in [0.25, 0.3) is 0 Å². The molecule has 30 heavy (non-hydrogen) atoms. The summed E-state index contributed by atoms with van der Waals surface area (Å²) in [4.78, 5) is 9.81. The van der Waals surface area contributed by atoms with Crippen LogP contribution in [0.2, 0.25) is 0 Å². The molecule has 0 amide bonds. The van der Waals surface area contributed by atoms with Crippen LogP contribution in [-0.4, -0.2) is 34.1 Å². The lowest BCUT2D eigenvalue weighted by Gasteiger charge is -2.24. The number of hydrogen-bond acceptors (Lipinski definition) is 6. The molecule has 0 spiro atoms. The Labute approximate surface area is 179 Å². The van der Waals surface area contributed by atoms with Crippen LogP contribution in [0, 0.1) is 0 Å². The molecule has 4 N–H and O–H groups in total. The maximum absolute atomic E-state index is 4.91. The maximum Gasteiger partial charge on any atom is 0.0545 e. The van der Waals surface area contributed by atoms with Crippen molar-refractivity contribution in [2.24, 2.45) is 0 Å². The van der Waals surface area contributed by atoms with Crippen LogP contribution in [-0.2, 0) is 26.2 Å². The number of pyridine rings is 2. The fourth-order valence-electron chi connectivity index (χ4n) is 5.29. The summed E-state index contributed by atoms with van der Waals surface area (Å²) in [6.07, 6.45) is 7.43. The second-order valence-electron chi connectivity index (χ2n) is 9.05. The molecular weight excluding hydrogens is 372 g/mol. The number of hydrogen-bond donors (Lipinski definition) is 4. The smallest absolute Gasteiger partial charge is 0.0545 e. The molecule has 2 aromatic rings. The van der Waals surface area contributed by atoms with Crippen molar-refractivity contribution in [1.29, 1.82) is 0 Å². The molecule has 5 rings (SSSR count). The van der Waals surface area contributed by atoms with E-state index in [1.54, 1.807) is 0 Å². The van der Waals surface area contributed by atoms with Crippen molar-refractivity contribution in [2.45, 2.75) is 88.9 Å². The monoisotopic (exact) mass is 406 g/mol. The van der Waals surface area contributed by atoms with Crippen LogP contribution in [0.15, 0.2) is 36.4 Å². The Morgan fingerprint density at radius 3 is 1.10 bits per heavy atom. The van der Waals surface area contributed by atoms with Gasteiger partial charge in [-0.2, -0.15) is 0 Å². The van der Waals surface area contributed by atoms with E-state index >= 15 is 0 Å². The Morgan fingerprint density at radius 1 is 0.500 bits per heavy atom. The molecule has 0 aromatic carbocycles. The first kappa shape index (κ1) is 20.1. The minimum Gasteiger partial charge on any atom is -0.307 e. The van der Waals surface area contributed by atoms with Gasteiger partial charge in [-0.1, -0.05) is 25.0 Å². The van der Waals surface area contributed by atoms with E-state index < -0.39 is 0 Å². The van der Waals surface area contributed by atoms with Crippen molar-refractivity contribution in [3.8, 4) is 0 Å². The van der Waals surface area contributed by atoms with E-state index in [0.717, 1.165) is 49.0 Å². The van der Waals surface area contributed by atoms with Gasteiger partial charge >= 0.3 is 0 Å². The standard InChI is InChI=1S/C24H34N6/c1-5-17-13-25-21-9-3-11-23(21)27-15-19-7-2-8-20(30-19)16-28-24-12-4-10-22(24)26-14-18(6-1)29-17/h1-2,5-8,21-28H,3-4,9-16H2/t21-,22-,23-,24-/m0/s1. The molecule has 3 heterocycles. The second kappa shape index (κ2) is 9.52. The molecule has 0 saturated heterocycles. The van der Waals surface area contributed by atoms with Gasteiger partial charge in [0.15, 0.2) is 0 Å². The van der Waals surface area contributed by atoms with Crippen LogP contribution >= 0.6 is 0 Å². The highest BCUT2D eigenvalue weighted by atomic mass is 15.1. The molecule has 3 aliphatic rings. The second-order valence-corrected chi connectivity index (χ2v) is 9.05. The van der Waals surface area contributed by atoms with Crippen LogP contribution in [0.5, 0.6) is 0 Å². The van der Waals surface area contributed by atoms with Crippen LogP contribution in [0.25, 0.3) is 0 Å². The molecule has 4 bridgehead atoms. The molecule has 1 aliphatic heterocycles. The van der Waals surface area contributed by atoms with Gasteiger partial charge in [-0.25, -0.2) is 0 Å². The molecule has 4 atom stereocenters. The lowest BCUT2D eigenvalue weighted by atomic mass is 10.1. The fraction of sp³-hybridized carbons (Fsp3) is 0.583. The van der Waals surface area contributed by atoms with Gasteiger partial charge in [0.2, 0.25) is 0 Å². The van der Waals surface area contributed by atoms with Gasteiger partial charge in [-0.3, -0.25) is 9.97 Å². The van der Waals surface area contributed by atoms with Gasteiger partial charge in [0.05, 0.1) is 22.8 Å². The van der Waals surface area contributed by atoms with Crippen molar-refractivity contribution in [3.63, 3.8) is 0 Å². The zero-order valence-corrected chi connectivity index (χ0v) is 17.7. The first-order chi connectivity index (χ1) is 14.8. The lowest BCUT2D eigenvalue weighted by Crippen LogP contribution is -2.44. The fourth-order valence-corrected chi connectivity index (χ4v) is 5.29. The van der Waals surface area contributed by atoms with Crippen LogP contribution in [0.4, 0.5) is 0 Å². The highest BCUT2D eigenvalue weighted by Gasteiger charge is 2.28. The number of fused-ring (bicyclic) bond motifs is 6. The van der Waals surface area contributed by atoms with Gasteiger partial charge < -0.3 is 21.3 Å². The summed E-state index contributed by atoms with van der Waals surface area (Å²) >= 11 is 0. The van der Waals surface area contributed by atoms with Crippen LogP contribution in [0.3, 0.4) is 0 Å². The third kappa shape index (κ3) is 4.89. The molecular formula is C24H34N6. The quantitative estimate of drug-likeness (QED) is 0.538. The molecule has 160 valence electrons. The Bertz CT molecular complexity index is 712. The topological polar surface area (TPSA) is 73.9 Å². The van der Waals surface area contributed by atoms with Crippen molar-refractivity contribution >= 4 is 0 Å². The lowest BCUT2D eigenvalue weighted by molar-refractivity contribution is 0.396. The highest BCUT2D eigenvalue weighted by Crippen LogP contribution is 2.21. The van der Waals surface area contributed by atoms with Gasteiger partial charge in [-0.15, -0.1) is 0 Å². The average Bonchev–Trinajstić information content (AvgIpc) is 3.42. The minimum atomic E-state index is 0.497. The van der Waals surface area contributed by atoms with Gasteiger partial charge in [0.1, 0.15) is 0 Å². The normalized spacial score (nSPS) is 30.1. The van der Waals surface area contributed by atoms with Crippen LogP contribution in [0.1, 0.15) is 61.3 Å². The average molecular weight is 407 g/mol. The summed E-state index contributed by atoms with van der Waals surface area (Å²) in [5.74, 6) is 0. The predicted molar refractivity (Wildman–Crippen MR) is 119 cm³/mol. The van der Waals surface area contributed by atoms with E-state index in [1.807, 2.05) is 0 Å². The summed E-state index contributed by atoms with van der Waals surface area (Å²) in [6, 6.07) is 14.8. The van der Waals surface area contributed by atoms with Crippen molar-refractivity contribution in [3.05, 3.63) is 59.2 Å². The van der Waals surface area contributed by atoms with Gasteiger partial charge in [0, 0.05) is 50.3 Å². The molecule has 2 fully saturated rings. The number of aromatic nitrogens is 2. The summed E-state index contributed by atoms with van der Waals surface area (Å²) in [5.41, 5.74) is 4.54. The van der Waals surface area contributed by atoms with Crippen molar-refractivity contribution in [1.82, 2.24) is 31.2 Å². The zero-order valence-electron chi connectivity index (χ0n) is 17.7. The van der Waals surface area contributed by atoms with E-state index in [2.05, 4.69) is 57.7 Å². The van der Waals surface area contributed by atoms with Crippen molar-refractivity contribution in [2.75, 3.05) is 0 Å². The molecule has 2 saturated carbocycles. The van der Waals surface area contributed by atoms with Gasteiger partial charge in [-0.05, 0) is 49.9 Å². The molecule has 0 radical (unpaired) electrons. The Hall–Kier alpha value is -1.86. The van der Waals surface area contributed by atoms with E-state index in [0.29, 0.717) is 24.2 Å². The SMILES string of the molecule is c1cc2nc(c1)CN[C@H]1CCC[C@@H]1NCc1cccc(n1)CN[C@H]1CCC[C@@H]1NC2. The first-order valence-electron chi connectivity index (χ1n) is 11.7. The Morgan fingerprint density at radius 2 is 0.800 bits per heavy atom. The molecule has 0 unspecified atom stereocenters. The minimum absolute atomic E-state index is 0.497. The first-order valence-corrected chi connectivity index (χ1v) is 11.7. The summed E-state index contributed by atoms with van der Waals surface area (Å²) in [6.45, 7) is 3.33. The van der Waals surface area contributed by atoms with E-state index in [9.17, 15) is 0 Å². The third-order valence-corrected chi connectivity index (χ3v) is 6.94. The Kier molecular flexibility index (Phi) is 6.37. The predicted octanol–water partition coefficient (Wildman–Crippen LogP) is 2.39. The summed E-state index contributed by atoms with van der Waals surface area (Å²) < 4.78 is 0. The van der Waals surface area contributed by atoms with Crippen molar-refractivity contribution < 1.29 is 0 Å². The zero-order chi connectivity index (χ0) is 20.2. The van der Waals surface area contributed by atoms with E-state index in [1.165, 1.54) is 38.5 Å². The number of nitrogens with one attached hydrogen (secondary N) is 4. The maximum atomic E-state index is 4.91. The third-order valence-electron chi connectivity index (χ3n) is 6.94. The highest BCUT2D eigenvalue weighted by molar-refractivity contribution is 5.13. The summed E-state index contributed by atoms with van der Waals surface area (Å²) in [5, 5.41) is 15.0.